The van der Waals surface area contributed by atoms with Gasteiger partial charge in [-0.25, -0.2) is 4.79 Å². The summed E-state index contributed by atoms with van der Waals surface area (Å²) in [5.41, 5.74) is 1.98. The molecule has 0 saturated carbocycles. The van der Waals surface area contributed by atoms with Crippen molar-refractivity contribution in [1.29, 1.82) is 0 Å². The van der Waals surface area contributed by atoms with E-state index in [1.807, 2.05) is 31.2 Å². The number of hydrogen-bond donors (Lipinski definition) is 1. The van der Waals surface area contributed by atoms with Crippen molar-refractivity contribution in [2.24, 2.45) is 0 Å². The molecule has 1 N–H and O–H groups in total. The zero-order valence-corrected chi connectivity index (χ0v) is 16.7. The van der Waals surface area contributed by atoms with Crippen molar-refractivity contribution in [3.8, 4) is 17.2 Å². The summed E-state index contributed by atoms with van der Waals surface area (Å²) in [7, 11) is 0. The zero-order valence-electron chi connectivity index (χ0n) is 16.7. The summed E-state index contributed by atoms with van der Waals surface area (Å²) in [6, 6.07) is 20.6. The van der Waals surface area contributed by atoms with E-state index in [1.54, 1.807) is 36.4 Å². The summed E-state index contributed by atoms with van der Waals surface area (Å²) in [5.74, 6) is -1.66. The minimum atomic E-state index is -1.31. The third-order valence-electron chi connectivity index (χ3n) is 5.01. The highest BCUT2D eigenvalue weighted by atomic mass is 16.5. The van der Waals surface area contributed by atoms with Crippen LogP contribution in [0.15, 0.2) is 72.8 Å². The van der Waals surface area contributed by atoms with E-state index in [1.165, 1.54) is 12.1 Å². The van der Waals surface area contributed by atoms with Gasteiger partial charge in [0.1, 0.15) is 18.1 Å². The van der Waals surface area contributed by atoms with E-state index in [0.717, 1.165) is 16.7 Å². The van der Waals surface area contributed by atoms with E-state index in [4.69, 9.17) is 14.6 Å². The first-order valence-electron chi connectivity index (χ1n) is 9.45. The molecule has 0 bridgehead atoms. The van der Waals surface area contributed by atoms with E-state index >= 15 is 0 Å². The summed E-state index contributed by atoms with van der Waals surface area (Å²) in [6.07, 6.45) is 0. The highest BCUT2D eigenvalue weighted by molar-refractivity contribution is 5.68. The van der Waals surface area contributed by atoms with Gasteiger partial charge in [0.15, 0.2) is 6.61 Å². The minimum absolute atomic E-state index is 0.102. The second kappa shape index (κ2) is 9.21. The average molecular weight is 420 g/mol. The second-order valence-corrected chi connectivity index (χ2v) is 7.04. The lowest BCUT2D eigenvalue weighted by Crippen LogP contribution is -2.29. The lowest BCUT2D eigenvalue weighted by atomic mass is 9.71. The lowest BCUT2D eigenvalue weighted by Gasteiger charge is -2.32. The summed E-state index contributed by atoms with van der Waals surface area (Å²) < 4.78 is 10.4. The van der Waals surface area contributed by atoms with Crippen LogP contribution in [0.25, 0.3) is 0 Å². The van der Waals surface area contributed by atoms with Gasteiger partial charge >= 0.3 is 5.97 Å². The fraction of sp³-hybridized carbons (Fsp3) is 0.167. The van der Waals surface area contributed by atoms with E-state index < -0.39 is 30.6 Å². The average Bonchev–Trinajstić information content (AvgIpc) is 2.77. The van der Waals surface area contributed by atoms with Crippen LogP contribution in [0.5, 0.6) is 17.2 Å². The van der Waals surface area contributed by atoms with Crippen LogP contribution in [0.4, 0.5) is 0 Å². The summed E-state index contributed by atoms with van der Waals surface area (Å²) >= 11 is 0. The van der Waals surface area contributed by atoms with Crippen molar-refractivity contribution in [3.63, 3.8) is 0 Å². The molecule has 3 aromatic carbocycles. The number of rotatable bonds is 9. The molecule has 0 saturated heterocycles. The Morgan fingerprint density at radius 3 is 1.55 bits per heavy atom. The number of ether oxygens (including phenoxy) is 2. The molecule has 0 radical (unpaired) electrons. The van der Waals surface area contributed by atoms with Gasteiger partial charge in [-0.2, -0.15) is 0 Å². The van der Waals surface area contributed by atoms with Crippen LogP contribution < -0.4 is 19.7 Å². The van der Waals surface area contributed by atoms with Crippen molar-refractivity contribution >= 4 is 11.9 Å². The van der Waals surface area contributed by atoms with Crippen LogP contribution >= 0.6 is 0 Å². The van der Waals surface area contributed by atoms with Gasteiger partial charge in [0.2, 0.25) is 0 Å². The summed E-state index contributed by atoms with van der Waals surface area (Å²) in [6.45, 7) is 1.02. The predicted octanol–water partition coefficient (Wildman–Crippen LogP) is 1.71. The van der Waals surface area contributed by atoms with Crippen molar-refractivity contribution in [3.05, 3.63) is 89.5 Å². The van der Waals surface area contributed by atoms with Crippen molar-refractivity contribution < 1.29 is 34.4 Å². The molecule has 7 heteroatoms. The van der Waals surface area contributed by atoms with Gasteiger partial charge in [-0.3, -0.25) is 0 Å². The Bertz CT molecular complexity index is 977. The maximum absolute atomic E-state index is 11.6. The van der Waals surface area contributed by atoms with Gasteiger partial charge in [0.25, 0.3) is 0 Å². The Balaban J connectivity index is 1.99. The number of aliphatic carboxylic acids is 2. The van der Waals surface area contributed by atoms with E-state index in [9.17, 15) is 19.8 Å². The second-order valence-electron chi connectivity index (χ2n) is 7.04. The maximum atomic E-state index is 11.6. The maximum Gasteiger partial charge on any atom is 0.341 e. The molecule has 7 nitrogen and oxygen atoms in total. The van der Waals surface area contributed by atoms with E-state index in [0.29, 0.717) is 11.5 Å². The van der Waals surface area contributed by atoms with Gasteiger partial charge in [0, 0.05) is 5.41 Å². The molecular weight excluding hydrogens is 400 g/mol. The molecule has 0 heterocycles. The molecule has 0 fully saturated rings. The molecule has 0 aromatic heterocycles. The number of carbonyl (C=O) groups is 2. The van der Waals surface area contributed by atoms with E-state index in [2.05, 4.69) is 0 Å². The Hall–Kier alpha value is -4.00. The minimum Gasteiger partial charge on any atom is -0.872 e. The highest BCUT2D eigenvalue weighted by Gasteiger charge is 2.31. The van der Waals surface area contributed by atoms with Crippen LogP contribution in [0, 0.1) is 0 Å². The molecule has 1 unspecified atom stereocenters. The van der Waals surface area contributed by atoms with Crippen LogP contribution in [-0.2, 0) is 15.0 Å². The quantitative estimate of drug-likeness (QED) is 0.523. The fourth-order valence-corrected chi connectivity index (χ4v) is 3.34. The standard InChI is InChI=1S/C24H22O7/c1-24(16-2-8-19(25)9-3-16,17-4-10-20(11-5-17)30-14-22(26)27)18-6-12-21(13-7-18)31-15-23(28)29/h2-13,25H,14-15H2,1H3,(H,26,27)(H,28,29)/p-2. The van der Waals surface area contributed by atoms with Crippen LogP contribution in [0.3, 0.4) is 0 Å². The SMILES string of the molecule is CC(c1ccc([O-])cc1)(c1ccc(OCC(=O)[O-])cc1)c1ccc(OCC(=O)O)cc1. The molecule has 1 atom stereocenters. The number of hydrogen-bond acceptors (Lipinski definition) is 6. The topological polar surface area (TPSA) is 119 Å². The Labute approximate surface area is 179 Å². The lowest BCUT2D eigenvalue weighted by molar-refractivity contribution is -0.307. The zero-order chi connectivity index (χ0) is 22.4. The van der Waals surface area contributed by atoms with Crippen LogP contribution in [0.2, 0.25) is 0 Å². The molecule has 0 aliphatic rings. The van der Waals surface area contributed by atoms with Gasteiger partial charge in [-0.05, 0) is 47.9 Å². The normalized spacial score (nSPS) is 12.5. The molecule has 160 valence electrons. The van der Waals surface area contributed by atoms with Gasteiger partial charge in [-0.1, -0.05) is 48.5 Å². The first kappa shape index (κ1) is 21.7. The molecule has 31 heavy (non-hydrogen) atoms. The highest BCUT2D eigenvalue weighted by Crippen LogP contribution is 2.40. The van der Waals surface area contributed by atoms with Crippen LogP contribution in [-0.4, -0.2) is 30.3 Å². The molecular formula is C24H20O7-2. The molecule has 3 aromatic rings. The van der Waals surface area contributed by atoms with Gasteiger partial charge in [0.05, 0.1) is 5.97 Å². The molecule has 0 amide bonds. The molecule has 0 spiro atoms. The summed E-state index contributed by atoms with van der Waals surface area (Å²) in [5, 5.41) is 31.0. The first-order valence-corrected chi connectivity index (χ1v) is 9.45. The number of carboxylic acids is 2. The molecule has 0 aliphatic heterocycles. The van der Waals surface area contributed by atoms with Gasteiger partial charge < -0.3 is 29.6 Å². The fourth-order valence-electron chi connectivity index (χ4n) is 3.34. The van der Waals surface area contributed by atoms with E-state index in [-0.39, 0.29) is 5.75 Å². The van der Waals surface area contributed by atoms with Crippen molar-refractivity contribution in [2.75, 3.05) is 13.2 Å². The first-order chi connectivity index (χ1) is 14.8. The smallest absolute Gasteiger partial charge is 0.341 e. The largest absolute Gasteiger partial charge is 0.872 e. The molecule has 0 aliphatic carbocycles. The Morgan fingerprint density at radius 2 is 1.16 bits per heavy atom. The monoisotopic (exact) mass is 420 g/mol. The number of carboxylic acid groups (broad SMARTS) is 2. The van der Waals surface area contributed by atoms with Crippen molar-refractivity contribution in [2.45, 2.75) is 12.3 Å². The number of benzene rings is 3. The van der Waals surface area contributed by atoms with Gasteiger partial charge in [-0.15, -0.1) is 5.75 Å². The predicted molar refractivity (Wildman–Crippen MR) is 108 cm³/mol. The van der Waals surface area contributed by atoms with Crippen molar-refractivity contribution in [1.82, 2.24) is 0 Å². The third-order valence-corrected chi connectivity index (χ3v) is 5.01. The van der Waals surface area contributed by atoms with Crippen LogP contribution in [0.1, 0.15) is 23.6 Å². The Kier molecular flexibility index (Phi) is 6.45. The Morgan fingerprint density at radius 1 is 0.774 bits per heavy atom. The number of carbonyl (C=O) groups excluding carboxylic acids is 1. The molecule has 3 rings (SSSR count). The third kappa shape index (κ3) is 5.14. The summed E-state index contributed by atoms with van der Waals surface area (Å²) in [4.78, 5) is 21.3.